The fraction of sp³-hybridized carbons (Fsp3) is 0.391. The van der Waals surface area contributed by atoms with E-state index < -0.39 is 0 Å². The number of nitrogens with zero attached hydrogens (tertiary/aromatic N) is 2. The van der Waals surface area contributed by atoms with E-state index in [4.69, 9.17) is 14.2 Å². The van der Waals surface area contributed by atoms with Gasteiger partial charge < -0.3 is 29.7 Å². The van der Waals surface area contributed by atoms with E-state index in [0.717, 1.165) is 11.1 Å². The van der Waals surface area contributed by atoms with Gasteiger partial charge in [0.15, 0.2) is 17.5 Å². The number of carbonyl (C=O) groups excluding carboxylic acids is 1. The minimum absolute atomic E-state index is 0. The average molecular weight is 556 g/mol. The molecule has 9 heteroatoms. The van der Waals surface area contributed by atoms with Gasteiger partial charge >= 0.3 is 0 Å². The van der Waals surface area contributed by atoms with Crippen molar-refractivity contribution in [2.75, 3.05) is 42.0 Å². The van der Waals surface area contributed by atoms with Gasteiger partial charge in [-0.3, -0.25) is 4.79 Å². The second kappa shape index (κ2) is 13.7. The number of ether oxygens (including phenoxy) is 3. The molecule has 0 aliphatic rings. The van der Waals surface area contributed by atoms with Crippen LogP contribution in [0.3, 0.4) is 0 Å². The number of rotatable bonds is 9. The third kappa shape index (κ3) is 7.77. The Morgan fingerprint density at radius 2 is 1.62 bits per heavy atom. The molecule has 1 amide bonds. The number of benzene rings is 2. The molecule has 1 unspecified atom stereocenters. The highest BCUT2D eigenvalue weighted by atomic mass is 127. The van der Waals surface area contributed by atoms with Crippen LogP contribution in [0.25, 0.3) is 0 Å². The Bertz CT molecular complexity index is 866. The number of aliphatic imine (C=N–C) groups is 1. The quantitative estimate of drug-likeness (QED) is 0.281. The Labute approximate surface area is 207 Å². The number of likely N-dealkylation sites (N-methyl/N-ethyl adjacent to an activating group) is 1. The lowest BCUT2D eigenvalue weighted by atomic mass is 10.1. The van der Waals surface area contributed by atoms with Crippen molar-refractivity contribution in [1.82, 2.24) is 15.5 Å². The molecule has 2 rings (SSSR count). The normalized spacial score (nSPS) is 11.6. The van der Waals surface area contributed by atoms with Crippen LogP contribution in [0.15, 0.2) is 47.5 Å². The summed E-state index contributed by atoms with van der Waals surface area (Å²) in [6, 6.07) is 13.7. The van der Waals surface area contributed by atoms with Crippen molar-refractivity contribution in [3.05, 3.63) is 53.6 Å². The smallest absolute Gasteiger partial charge is 0.241 e. The van der Waals surface area contributed by atoms with Crippen molar-refractivity contribution in [3.63, 3.8) is 0 Å². The van der Waals surface area contributed by atoms with Crippen molar-refractivity contribution < 1.29 is 19.0 Å². The first kappa shape index (κ1) is 27.3. The van der Waals surface area contributed by atoms with Crippen LogP contribution in [0.5, 0.6) is 17.2 Å². The minimum atomic E-state index is -0.0466. The number of guanidine groups is 1. The Morgan fingerprint density at radius 1 is 1.03 bits per heavy atom. The van der Waals surface area contributed by atoms with E-state index in [2.05, 4.69) is 15.6 Å². The lowest BCUT2D eigenvalue weighted by Gasteiger charge is -2.20. The fourth-order valence-electron chi connectivity index (χ4n) is 2.90. The molecule has 0 fully saturated rings. The molecule has 0 spiro atoms. The van der Waals surface area contributed by atoms with Crippen molar-refractivity contribution >= 4 is 35.8 Å². The van der Waals surface area contributed by atoms with Crippen LogP contribution >= 0.6 is 24.0 Å². The lowest BCUT2D eigenvalue weighted by molar-refractivity contribution is -0.127. The van der Waals surface area contributed by atoms with Crippen LogP contribution in [0, 0.1) is 0 Å². The highest BCUT2D eigenvalue weighted by Crippen LogP contribution is 2.38. The molecule has 32 heavy (non-hydrogen) atoms. The fourth-order valence-corrected chi connectivity index (χ4v) is 2.90. The summed E-state index contributed by atoms with van der Waals surface area (Å²) in [4.78, 5) is 18.2. The predicted molar refractivity (Wildman–Crippen MR) is 137 cm³/mol. The molecule has 0 aliphatic carbocycles. The zero-order chi connectivity index (χ0) is 22.8. The maximum absolute atomic E-state index is 12.0. The van der Waals surface area contributed by atoms with Gasteiger partial charge in [0.25, 0.3) is 0 Å². The van der Waals surface area contributed by atoms with Gasteiger partial charge in [0.1, 0.15) is 0 Å². The highest BCUT2D eigenvalue weighted by molar-refractivity contribution is 14.0. The van der Waals surface area contributed by atoms with Gasteiger partial charge in [-0.25, -0.2) is 4.99 Å². The monoisotopic (exact) mass is 556 g/mol. The highest BCUT2D eigenvalue weighted by Gasteiger charge is 2.14. The standard InChI is InChI=1S/C23H32N4O4.HI/c1-16(18-10-8-7-9-11-18)26-23(25-15-21(28)27(2)3)24-14-17-12-19(29-4)22(31-6)20(13-17)30-5;/h7-13,16H,14-15H2,1-6H3,(H2,24,25,26);1H. The van der Waals surface area contributed by atoms with Gasteiger partial charge in [-0.15, -0.1) is 24.0 Å². The molecule has 0 aliphatic heterocycles. The van der Waals surface area contributed by atoms with E-state index in [0.29, 0.717) is 29.8 Å². The number of nitrogens with one attached hydrogen (secondary N) is 2. The van der Waals surface area contributed by atoms with Gasteiger partial charge in [0.05, 0.1) is 40.5 Å². The van der Waals surface area contributed by atoms with Crippen LogP contribution in [0.4, 0.5) is 0 Å². The first-order valence-corrected chi connectivity index (χ1v) is 9.98. The molecule has 2 aromatic rings. The van der Waals surface area contributed by atoms with Crippen LogP contribution in [0.1, 0.15) is 24.1 Å². The largest absolute Gasteiger partial charge is 0.493 e. The van der Waals surface area contributed by atoms with Gasteiger partial charge in [0.2, 0.25) is 11.7 Å². The van der Waals surface area contributed by atoms with E-state index >= 15 is 0 Å². The van der Waals surface area contributed by atoms with E-state index in [-0.39, 0.29) is 42.5 Å². The number of carbonyl (C=O) groups is 1. The van der Waals surface area contributed by atoms with E-state index in [1.54, 1.807) is 35.4 Å². The van der Waals surface area contributed by atoms with Gasteiger partial charge in [-0.05, 0) is 30.2 Å². The maximum atomic E-state index is 12.0. The molecule has 2 N–H and O–H groups in total. The predicted octanol–water partition coefficient (Wildman–Crippen LogP) is 3.22. The van der Waals surface area contributed by atoms with Crippen molar-refractivity contribution in [2.45, 2.75) is 19.5 Å². The zero-order valence-electron chi connectivity index (χ0n) is 19.5. The molecule has 0 aromatic heterocycles. The number of amides is 1. The number of methoxy groups -OCH3 is 3. The lowest BCUT2D eigenvalue weighted by Crippen LogP contribution is -2.43. The van der Waals surface area contributed by atoms with Gasteiger partial charge in [-0.1, -0.05) is 30.3 Å². The summed E-state index contributed by atoms with van der Waals surface area (Å²) < 4.78 is 16.2. The minimum Gasteiger partial charge on any atom is -0.493 e. The van der Waals surface area contributed by atoms with Crippen LogP contribution in [-0.4, -0.2) is 58.7 Å². The summed E-state index contributed by atoms with van der Waals surface area (Å²) >= 11 is 0. The molecular weight excluding hydrogens is 523 g/mol. The third-order valence-electron chi connectivity index (χ3n) is 4.70. The maximum Gasteiger partial charge on any atom is 0.241 e. The molecule has 8 nitrogen and oxygen atoms in total. The SMILES string of the molecule is COc1cc(CN=C(NCC(=O)N(C)C)NC(C)c2ccccc2)cc(OC)c1OC.I. The van der Waals surface area contributed by atoms with Gasteiger partial charge in [-0.2, -0.15) is 0 Å². The number of hydrogen-bond donors (Lipinski definition) is 2. The molecule has 0 bridgehead atoms. The molecular formula is C23H33IN4O4. The molecule has 0 heterocycles. The number of hydrogen-bond acceptors (Lipinski definition) is 5. The Balaban J connectivity index is 0.00000512. The van der Waals surface area contributed by atoms with E-state index in [1.807, 2.05) is 49.4 Å². The molecule has 0 saturated carbocycles. The summed E-state index contributed by atoms with van der Waals surface area (Å²) in [6.45, 7) is 2.53. The Morgan fingerprint density at radius 3 is 2.12 bits per heavy atom. The third-order valence-corrected chi connectivity index (χ3v) is 4.70. The molecule has 0 radical (unpaired) electrons. The first-order valence-electron chi connectivity index (χ1n) is 9.98. The van der Waals surface area contributed by atoms with E-state index in [1.165, 1.54) is 4.90 Å². The Hall–Kier alpha value is -2.69. The second-order valence-electron chi connectivity index (χ2n) is 7.12. The summed E-state index contributed by atoms with van der Waals surface area (Å²) in [5.74, 6) is 2.14. The van der Waals surface area contributed by atoms with Crippen molar-refractivity contribution in [3.8, 4) is 17.2 Å². The molecule has 0 saturated heterocycles. The zero-order valence-corrected chi connectivity index (χ0v) is 21.8. The van der Waals surface area contributed by atoms with E-state index in [9.17, 15) is 4.79 Å². The van der Waals surface area contributed by atoms with Gasteiger partial charge in [0, 0.05) is 14.1 Å². The average Bonchev–Trinajstić information content (AvgIpc) is 2.79. The molecule has 176 valence electrons. The Kier molecular flexibility index (Phi) is 11.7. The van der Waals surface area contributed by atoms with Crippen LogP contribution in [0.2, 0.25) is 0 Å². The first-order chi connectivity index (χ1) is 14.9. The van der Waals surface area contributed by atoms with Crippen LogP contribution in [-0.2, 0) is 11.3 Å². The molecule has 1 atom stereocenters. The summed E-state index contributed by atoms with van der Waals surface area (Å²) in [5.41, 5.74) is 1.99. The van der Waals surface area contributed by atoms with Crippen molar-refractivity contribution in [1.29, 1.82) is 0 Å². The summed E-state index contributed by atoms with van der Waals surface area (Å²) in [5, 5.41) is 6.47. The number of halogens is 1. The second-order valence-corrected chi connectivity index (χ2v) is 7.12. The topological polar surface area (TPSA) is 84.4 Å². The molecule has 2 aromatic carbocycles. The van der Waals surface area contributed by atoms with Crippen LogP contribution < -0.4 is 24.8 Å². The summed E-state index contributed by atoms with van der Waals surface area (Å²) in [6.07, 6.45) is 0. The summed E-state index contributed by atoms with van der Waals surface area (Å²) in [7, 11) is 8.16. The van der Waals surface area contributed by atoms with Crippen molar-refractivity contribution in [2.24, 2.45) is 4.99 Å².